The highest BCUT2D eigenvalue weighted by Gasteiger charge is 2.08. The Morgan fingerprint density at radius 3 is 2.80 bits per heavy atom. The molecule has 1 aromatic rings. The first kappa shape index (κ1) is 12.2. The van der Waals surface area contributed by atoms with Gasteiger partial charge < -0.3 is 5.32 Å². The molecule has 0 aliphatic carbocycles. The Morgan fingerprint density at radius 1 is 1.40 bits per heavy atom. The number of rotatable bonds is 6. The third-order valence-electron chi connectivity index (χ3n) is 2.71. The molecule has 1 heterocycles. The number of nitrogens with one attached hydrogen (secondary N) is 1. The highest BCUT2D eigenvalue weighted by Crippen LogP contribution is 2.12. The number of hydrogen-bond acceptors (Lipinski definition) is 2. The number of pyridine rings is 1. The monoisotopic (exact) mass is 206 g/mol. The number of unbranched alkanes of at least 4 members (excludes halogenated alkanes) is 1. The maximum atomic E-state index is 4.14. The maximum absolute atomic E-state index is 4.14. The molecule has 84 valence electrons. The second kappa shape index (κ2) is 6.57. The van der Waals surface area contributed by atoms with Crippen LogP contribution < -0.4 is 5.32 Å². The van der Waals surface area contributed by atoms with Crippen LogP contribution in [0.15, 0.2) is 24.5 Å². The van der Waals surface area contributed by atoms with Crippen LogP contribution in [0.2, 0.25) is 0 Å². The summed E-state index contributed by atoms with van der Waals surface area (Å²) in [5, 5.41) is 3.59. The van der Waals surface area contributed by atoms with E-state index in [0.717, 1.165) is 0 Å². The van der Waals surface area contributed by atoms with Crippen molar-refractivity contribution in [2.24, 2.45) is 0 Å². The quantitative estimate of drug-likeness (QED) is 0.772. The molecule has 2 nitrogen and oxygen atoms in total. The van der Waals surface area contributed by atoms with Crippen LogP contribution in [-0.2, 0) is 0 Å². The van der Waals surface area contributed by atoms with Crippen LogP contribution in [-0.4, -0.2) is 11.0 Å². The first-order valence-corrected chi connectivity index (χ1v) is 5.90. The van der Waals surface area contributed by atoms with Crippen molar-refractivity contribution >= 4 is 0 Å². The van der Waals surface area contributed by atoms with Gasteiger partial charge in [0.05, 0.1) is 0 Å². The minimum Gasteiger partial charge on any atom is -0.308 e. The zero-order chi connectivity index (χ0) is 11.1. The smallest absolute Gasteiger partial charge is 0.0315 e. The third-order valence-corrected chi connectivity index (χ3v) is 2.71. The molecule has 0 saturated heterocycles. The van der Waals surface area contributed by atoms with Gasteiger partial charge in [-0.2, -0.15) is 0 Å². The van der Waals surface area contributed by atoms with Gasteiger partial charge in [-0.25, -0.2) is 0 Å². The largest absolute Gasteiger partial charge is 0.308 e. The zero-order valence-electron chi connectivity index (χ0n) is 10.0. The predicted molar refractivity (Wildman–Crippen MR) is 64.8 cm³/mol. The van der Waals surface area contributed by atoms with Gasteiger partial charge in [0.1, 0.15) is 0 Å². The minimum atomic E-state index is 0.394. The van der Waals surface area contributed by atoms with Gasteiger partial charge in [0.2, 0.25) is 0 Å². The molecule has 0 aliphatic heterocycles. The average Bonchev–Trinajstić information content (AvgIpc) is 2.27. The molecular weight excluding hydrogens is 184 g/mol. The van der Waals surface area contributed by atoms with Crippen molar-refractivity contribution < 1.29 is 0 Å². The second-order valence-electron chi connectivity index (χ2n) is 4.22. The van der Waals surface area contributed by atoms with Gasteiger partial charge in [0.25, 0.3) is 0 Å². The van der Waals surface area contributed by atoms with E-state index in [4.69, 9.17) is 0 Å². The lowest BCUT2D eigenvalue weighted by atomic mass is 10.1. The van der Waals surface area contributed by atoms with Crippen molar-refractivity contribution in [1.82, 2.24) is 10.3 Å². The molecule has 1 aromatic heterocycles. The lowest BCUT2D eigenvalue weighted by Gasteiger charge is -2.19. The van der Waals surface area contributed by atoms with E-state index in [1.807, 2.05) is 18.5 Å². The summed E-state index contributed by atoms with van der Waals surface area (Å²) in [4.78, 5) is 4.14. The van der Waals surface area contributed by atoms with E-state index in [-0.39, 0.29) is 0 Å². The van der Waals surface area contributed by atoms with Crippen molar-refractivity contribution in [2.75, 3.05) is 0 Å². The topological polar surface area (TPSA) is 24.9 Å². The van der Waals surface area contributed by atoms with Crippen molar-refractivity contribution in [3.8, 4) is 0 Å². The summed E-state index contributed by atoms with van der Waals surface area (Å²) in [7, 11) is 0. The van der Waals surface area contributed by atoms with Gasteiger partial charge in [0, 0.05) is 24.5 Å². The lowest BCUT2D eigenvalue weighted by Crippen LogP contribution is -2.28. The fourth-order valence-electron chi connectivity index (χ4n) is 1.75. The zero-order valence-corrected chi connectivity index (χ0v) is 10.0. The molecular formula is C13H22N2. The van der Waals surface area contributed by atoms with Gasteiger partial charge in [0.15, 0.2) is 0 Å². The van der Waals surface area contributed by atoms with Gasteiger partial charge in [-0.15, -0.1) is 0 Å². The van der Waals surface area contributed by atoms with Crippen LogP contribution >= 0.6 is 0 Å². The van der Waals surface area contributed by atoms with E-state index in [0.29, 0.717) is 12.1 Å². The van der Waals surface area contributed by atoms with Gasteiger partial charge in [-0.05, 0) is 31.9 Å². The van der Waals surface area contributed by atoms with E-state index >= 15 is 0 Å². The summed E-state index contributed by atoms with van der Waals surface area (Å²) in [5.74, 6) is 0. The summed E-state index contributed by atoms with van der Waals surface area (Å²) in [6, 6.07) is 5.09. The summed E-state index contributed by atoms with van der Waals surface area (Å²) in [6.07, 6.45) is 7.57. The van der Waals surface area contributed by atoms with E-state index < -0.39 is 0 Å². The Labute approximate surface area is 93.1 Å². The molecule has 15 heavy (non-hydrogen) atoms. The van der Waals surface area contributed by atoms with Gasteiger partial charge in [-0.3, -0.25) is 4.98 Å². The highest BCUT2D eigenvalue weighted by molar-refractivity contribution is 5.12. The lowest BCUT2D eigenvalue weighted by molar-refractivity contribution is 0.444. The third kappa shape index (κ3) is 4.43. The van der Waals surface area contributed by atoms with Crippen molar-refractivity contribution in [1.29, 1.82) is 0 Å². The van der Waals surface area contributed by atoms with Crippen LogP contribution in [0.25, 0.3) is 0 Å². The SMILES string of the molecule is CCCCC(C)NC(C)c1cccnc1. The first-order chi connectivity index (χ1) is 7.24. The minimum absolute atomic E-state index is 0.394. The van der Waals surface area contributed by atoms with Crippen molar-refractivity contribution in [3.63, 3.8) is 0 Å². The Balaban J connectivity index is 2.38. The molecule has 0 radical (unpaired) electrons. The van der Waals surface area contributed by atoms with Crippen LogP contribution in [0.4, 0.5) is 0 Å². The maximum Gasteiger partial charge on any atom is 0.0315 e. The standard InChI is InChI=1S/C13H22N2/c1-4-5-7-11(2)15-12(3)13-8-6-9-14-10-13/h6,8-12,15H,4-5,7H2,1-3H3. The molecule has 0 fully saturated rings. The summed E-state index contributed by atoms with van der Waals surface area (Å²) < 4.78 is 0. The van der Waals surface area contributed by atoms with Crippen LogP contribution in [0, 0.1) is 0 Å². The fourth-order valence-corrected chi connectivity index (χ4v) is 1.75. The molecule has 1 N–H and O–H groups in total. The van der Waals surface area contributed by atoms with Crippen LogP contribution in [0.3, 0.4) is 0 Å². The number of nitrogens with zero attached hydrogens (tertiary/aromatic N) is 1. The van der Waals surface area contributed by atoms with Crippen molar-refractivity contribution in [3.05, 3.63) is 30.1 Å². The second-order valence-corrected chi connectivity index (χ2v) is 4.22. The molecule has 1 rings (SSSR count). The van der Waals surface area contributed by atoms with E-state index in [1.54, 1.807) is 0 Å². The highest BCUT2D eigenvalue weighted by atomic mass is 14.9. The molecule has 2 heteroatoms. The Hall–Kier alpha value is -0.890. The van der Waals surface area contributed by atoms with E-state index in [9.17, 15) is 0 Å². The van der Waals surface area contributed by atoms with Crippen LogP contribution in [0.1, 0.15) is 51.6 Å². The van der Waals surface area contributed by atoms with Crippen molar-refractivity contribution in [2.45, 2.75) is 52.1 Å². The average molecular weight is 206 g/mol. The normalized spacial score (nSPS) is 14.9. The van der Waals surface area contributed by atoms with Gasteiger partial charge in [-0.1, -0.05) is 25.8 Å². The Morgan fingerprint density at radius 2 is 2.20 bits per heavy atom. The van der Waals surface area contributed by atoms with Crippen LogP contribution in [0.5, 0.6) is 0 Å². The molecule has 2 unspecified atom stereocenters. The fraction of sp³-hybridized carbons (Fsp3) is 0.615. The van der Waals surface area contributed by atoms with E-state index in [2.05, 4.69) is 37.1 Å². The molecule has 0 spiro atoms. The Kier molecular flexibility index (Phi) is 5.33. The number of aromatic nitrogens is 1. The predicted octanol–water partition coefficient (Wildman–Crippen LogP) is 3.31. The summed E-state index contributed by atoms with van der Waals surface area (Å²) in [6.45, 7) is 6.68. The molecule has 2 atom stereocenters. The number of hydrogen-bond donors (Lipinski definition) is 1. The summed E-state index contributed by atoms with van der Waals surface area (Å²) >= 11 is 0. The Bertz CT molecular complexity index is 258. The van der Waals surface area contributed by atoms with Gasteiger partial charge >= 0.3 is 0 Å². The molecule has 0 aliphatic rings. The molecule has 0 amide bonds. The first-order valence-electron chi connectivity index (χ1n) is 5.90. The van der Waals surface area contributed by atoms with E-state index in [1.165, 1.54) is 24.8 Å². The summed E-state index contributed by atoms with van der Waals surface area (Å²) in [5.41, 5.74) is 1.26. The molecule has 0 bridgehead atoms. The molecule has 0 saturated carbocycles. The molecule has 0 aromatic carbocycles.